The van der Waals surface area contributed by atoms with E-state index in [-0.39, 0.29) is 25.3 Å². The number of rotatable bonds is 8. The first-order valence-corrected chi connectivity index (χ1v) is 6.67. The number of carbonyl (C=O) groups excluding carboxylic acids is 2. The van der Waals surface area contributed by atoms with Crippen LogP contribution in [0.3, 0.4) is 0 Å². The molecule has 5 heteroatoms. The molecule has 0 atom stereocenters. The van der Waals surface area contributed by atoms with Gasteiger partial charge in [0.1, 0.15) is 12.4 Å². The summed E-state index contributed by atoms with van der Waals surface area (Å²) in [5.41, 5.74) is 0.573. The Morgan fingerprint density at radius 2 is 1.85 bits per heavy atom. The van der Waals surface area contributed by atoms with Crippen LogP contribution in [0.2, 0.25) is 0 Å². The lowest BCUT2D eigenvalue weighted by Gasteiger charge is -2.05. The second-order valence-corrected chi connectivity index (χ2v) is 4.36. The van der Waals surface area contributed by atoms with E-state index in [2.05, 4.69) is 0 Å². The van der Waals surface area contributed by atoms with Crippen LogP contribution in [0.15, 0.2) is 24.3 Å². The number of ether oxygens (including phenoxy) is 2. The quantitative estimate of drug-likeness (QED) is 0.543. The Kier molecular flexibility index (Phi) is 7.32. The van der Waals surface area contributed by atoms with Crippen molar-refractivity contribution in [3.63, 3.8) is 0 Å². The third-order valence-electron chi connectivity index (χ3n) is 2.58. The second kappa shape index (κ2) is 9.07. The van der Waals surface area contributed by atoms with E-state index < -0.39 is 11.9 Å². The largest absolute Gasteiger partial charge is 0.466 e. The summed E-state index contributed by atoms with van der Waals surface area (Å²) in [5.74, 6) is -1.28. The zero-order valence-corrected chi connectivity index (χ0v) is 11.6. The molecule has 0 saturated carbocycles. The fourth-order valence-corrected chi connectivity index (χ4v) is 1.47. The van der Waals surface area contributed by atoms with E-state index >= 15 is 0 Å². The third kappa shape index (κ3) is 6.87. The fraction of sp³-hybridized carbons (Fsp3) is 0.467. The van der Waals surface area contributed by atoms with Crippen LogP contribution in [0.1, 0.15) is 38.2 Å². The van der Waals surface area contributed by atoms with Crippen LogP contribution in [-0.4, -0.2) is 18.5 Å². The van der Waals surface area contributed by atoms with Gasteiger partial charge in [0, 0.05) is 0 Å². The first kappa shape index (κ1) is 16.1. The van der Waals surface area contributed by atoms with Crippen LogP contribution < -0.4 is 0 Å². The van der Waals surface area contributed by atoms with Crippen LogP contribution in [0.5, 0.6) is 0 Å². The molecule has 0 unspecified atom stereocenters. The molecule has 0 fully saturated rings. The Morgan fingerprint density at radius 1 is 1.15 bits per heavy atom. The molecule has 0 amide bonds. The minimum Gasteiger partial charge on any atom is -0.466 e. The van der Waals surface area contributed by atoms with Crippen LogP contribution in [0.25, 0.3) is 0 Å². The van der Waals surface area contributed by atoms with E-state index in [4.69, 9.17) is 9.47 Å². The first-order valence-electron chi connectivity index (χ1n) is 6.67. The van der Waals surface area contributed by atoms with Crippen LogP contribution in [0, 0.1) is 5.82 Å². The molecule has 20 heavy (non-hydrogen) atoms. The smallest absolute Gasteiger partial charge is 0.306 e. The van der Waals surface area contributed by atoms with Crippen molar-refractivity contribution >= 4 is 11.9 Å². The first-order chi connectivity index (χ1) is 9.61. The van der Waals surface area contributed by atoms with Gasteiger partial charge in [0.25, 0.3) is 0 Å². The van der Waals surface area contributed by atoms with Crippen LogP contribution in [-0.2, 0) is 25.7 Å². The summed E-state index contributed by atoms with van der Waals surface area (Å²) in [4.78, 5) is 22.7. The van der Waals surface area contributed by atoms with Gasteiger partial charge in [-0.3, -0.25) is 9.59 Å². The van der Waals surface area contributed by atoms with Gasteiger partial charge in [0.05, 0.1) is 19.4 Å². The number of hydrogen-bond donors (Lipinski definition) is 0. The van der Waals surface area contributed by atoms with Gasteiger partial charge in [-0.25, -0.2) is 4.39 Å². The molecule has 4 nitrogen and oxygen atoms in total. The summed E-state index contributed by atoms with van der Waals surface area (Å²) >= 11 is 0. The van der Waals surface area contributed by atoms with E-state index in [9.17, 15) is 14.0 Å². The maximum atomic E-state index is 12.9. The SMILES string of the molecule is CCCCOC(=O)CCC(=O)OCc1cccc(F)c1. The van der Waals surface area contributed by atoms with Crippen molar-refractivity contribution in [3.05, 3.63) is 35.6 Å². The lowest BCUT2D eigenvalue weighted by atomic mass is 10.2. The molecule has 0 aliphatic carbocycles. The van der Waals surface area contributed by atoms with Gasteiger partial charge in [-0.1, -0.05) is 25.5 Å². The average molecular weight is 282 g/mol. The minimum absolute atomic E-state index is 0.00146. The van der Waals surface area contributed by atoms with Gasteiger partial charge in [-0.15, -0.1) is 0 Å². The van der Waals surface area contributed by atoms with Crippen molar-refractivity contribution in [3.8, 4) is 0 Å². The maximum Gasteiger partial charge on any atom is 0.306 e. The van der Waals surface area contributed by atoms with E-state index in [1.165, 1.54) is 12.1 Å². The van der Waals surface area contributed by atoms with Crippen molar-refractivity contribution < 1.29 is 23.5 Å². The van der Waals surface area contributed by atoms with Crippen LogP contribution in [0.4, 0.5) is 4.39 Å². The summed E-state index contributed by atoms with van der Waals surface area (Å²) in [6.07, 6.45) is 1.74. The predicted octanol–water partition coefficient (Wildman–Crippen LogP) is 2.99. The molecule has 1 rings (SSSR count). The van der Waals surface area contributed by atoms with Crippen molar-refractivity contribution in [1.82, 2.24) is 0 Å². The van der Waals surface area contributed by atoms with Gasteiger partial charge < -0.3 is 9.47 Å². The molecule has 0 aliphatic rings. The number of benzene rings is 1. The summed E-state index contributed by atoms with van der Waals surface area (Å²) in [7, 11) is 0. The minimum atomic E-state index is -0.498. The standard InChI is InChI=1S/C15H19FO4/c1-2-3-9-19-14(17)7-8-15(18)20-11-12-5-4-6-13(16)10-12/h4-6,10H,2-3,7-9,11H2,1H3. The molecule has 110 valence electrons. The number of unbranched alkanes of at least 4 members (excludes halogenated alkanes) is 1. The average Bonchev–Trinajstić information content (AvgIpc) is 2.43. The molecule has 0 radical (unpaired) electrons. The van der Waals surface area contributed by atoms with E-state index in [0.717, 1.165) is 12.8 Å². The van der Waals surface area contributed by atoms with E-state index in [1.807, 2.05) is 6.92 Å². The van der Waals surface area contributed by atoms with Crippen LogP contribution >= 0.6 is 0 Å². The van der Waals surface area contributed by atoms with Gasteiger partial charge in [-0.05, 0) is 24.1 Å². The molecule has 0 aromatic heterocycles. The molecule has 0 heterocycles. The lowest BCUT2D eigenvalue weighted by Crippen LogP contribution is -2.11. The highest BCUT2D eigenvalue weighted by Gasteiger charge is 2.09. The zero-order valence-electron chi connectivity index (χ0n) is 11.6. The Labute approximate surface area is 117 Å². The summed E-state index contributed by atoms with van der Waals surface area (Å²) in [6, 6.07) is 5.82. The molecule has 0 saturated heterocycles. The van der Waals surface area contributed by atoms with E-state index in [0.29, 0.717) is 12.2 Å². The Morgan fingerprint density at radius 3 is 2.50 bits per heavy atom. The van der Waals surface area contributed by atoms with Gasteiger partial charge in [0.2, 0.25) is 0 Å². The molecule has 1 aromatic rings. The second-order valence-electron chi connectivity index (χ2n) is 4.36. The highest BCUT2D eigenvalue weighted by Crippen LogP contribution is 2.06. The zero-order chi connectivity index (χ0) is 14.8. The molecular formula is C15H19FO4. The molecule has 0 N–H and O–H groups in total. The van der Waals surface area contributed by atoms with Gasteiger partial charge >= 0.3 is 11.9 Å². The van der Waals surface area contributed by atoms with Gasteiger partial charge in [0.15, 0.2) is 0 Å². The Hall–Kier alpha value is -1.91. The number of hydrogen-bond acceptors (Lipinski definition) is 4. The highest BCUT2D eigenvalue weighted by atomic mass is 19.1. The number of esters is 2. The molecule has 0 spiro atoms. The van der Waals surface area contributed by atoms with Crippen molar-refractivity contribution in [1.29, 1.82) is 0 Å². The highest BCUT2D eigenvalue weighted by molar-refractivity contribution is 5.77. The Bertz CT molecular complexity index is 445. The van der Waals surface area contributed by atoms with Gasteiger partial charge in [-0.2, -0.15) is 0 Å². The Balaban J connectivity index is 2.19. The van der Waals surface area contributed by atoms with E-state index in [1.54, 1.807) is 12.1 Å². The normalized spacial score (nSPS) is 10.1. The maximum absolute atomic E-state index is 12.9. The third-order valence-corrected chi connectivity index (χ3v) is 2.58. The fourth-order valence-electron chi connectivity index (χ4n) is 1.47. The predicted molar refractivity (Wildman–Crippen MR) is 71.3 cm³/mol. The summed E-state index contributed by atoms with van der Waals surface area (Å²) < 4.78 is 22.8. The van der Waals surface area contributed by atoms with Crippen molar-refractivity contribution in [2.45, 2.75) is 39.2 Å². The monoisotopic (exact) mass is 282 g/mol. The molecule has 0 bridgehead atoms. The van der Waals surface area contributed by atoms with Crippen molar-refractivity contribution in [2.75, 3.05) is 6.61 Å². The number of halogens is 1. The molecule has 0 aliphatic heterocycles. The summed E-state index contributed by atoms with van der Waals surface area (Å²) in [6.45, 7) is 2.38. The number of carbonyl (C=O) groups is 2. The van der Waals surface area contributed by atoms with Crippen molar-refractivity contribution in [2.24, 2.45) is 0 Å². The molecule has 1 aromatic carbocycles. The lowest BCUT2D eigenvalue weighted by molar-refractivity contribution is -0.151. The molecular weight excluding hydrogens is 263 g/mol. The summed E-state index contributed by atoms with van der Waals surface area (Å²) in [5, 5.41) is 0. The topological polar surface area (TPSA) is 52.6 Å².